The maximum atomic E-state index is 12.5. The first kappa shape index (κ1) is 20.6. The molecule has 164 valence electrons. The second-order valence-electron chi connectivity index (χ2n) is 8.59. The fourth-order valence-corrected chi connectivity index (χ4v) is 5.74. The van der Waals surface area contributed by atoms with Crippen LogP contribution in [0.5, 0.6) is 0 Å². The molecular formula is C23H29N5O2S. The lowest BCUT2D eigenvalue weighted by molar-refractivity contribution is 0.247. The van der Waals surface area contributed by atoms with Gasteiger partial charge in [0.2, 0.25) is 0 Å². The zero-order valence-electron chi connectivity index (χ0n) is 17.7. The van der Waals surface area contributed by atoms with Crippen molar-refractivity contribution in [2.75, 3.05) is 37.7 Å². The number of hydrogen-bond donors (Lipinski definition) is 1. The first-order valence-corrected chi connectivity index (χ1v) is 12.1. The smallest absolute Gasteiger partial charge is 0.261 e. The van der Waals surface area contributed by atoms with Gasteiger partial charge in [0.25, 0.3) is 5.56 Å². The van der Waals surface area contributed by atoms with Crippen LogP contribution in [0.2, 0.25) is 0 Å². The summed E-state index contributed by atoms with van der Waals surface area (Å²) in [4.78, 5) is 26.7. The standard InChI is InChI=1S/C23H29N5O2S/c29-12-11-28-16-24-21-13-19(5-6-20(21)23(28)30)27-9-7-26(8-10-27)14-18-15-31-22(25-18)17-3-1-2-4-17/h5-6,13,15-17,29H,1-4,7-12,14H2. The van der Waals surface area contributed by atoms with Gasteiger partial charge >= 0.3 is 0 Å². The van der Waals surface area contributed by atoms with Crippen molar-refractivity contribution in [1.29, 1.82) is 0 Å². The Morgan fingerprint density at radius 3 is 2.71 bits per heavy atom. The molecule has 31 heavy (non-hydrogen) atoms. The Labute approximate surface area is 186 Å². The summed E-state index contributed by atoms with van der Waals surface area (Å²) >= 11 is 1.84. The summed E-state index contributed by atoms with van der Waals surface area (Å²) in [7, 11) is 0. The minimum atomic E-state index is -0.101. The van der Waals surface area contributed by atoms with E-state index in [4.69, 9.17) is 10.1 Å². The van der Waals surface area contributed by atoms with Gasteiger partial charge in [-0.1, -0.05) is 12.8 Å². The number of thiazole rings is 1. The number of aliphatic hydroxyl groups is 1. The molecule has 1 N–H and O–H groups in total. The van der Waals surface area contributed by atoms with Crippen molar-refractivity contribution in [3.8, 4) is 0 Å². The maximum absolute atomic E-state index is 12.5. The molecular weight excluding hydrogens is 410 g/mol. The molecule has 0 atom stereocenters. The van der Waals surface area contributed by atoms with E-state index in [1.165, 1.54) is 47.3 Å². The van der Waals surface area contributed by atoms with Crippen molar-refractivity contribution in [3.05, 3.63) is 51.0 Å². The normalized spacial score (nSPS) is 18.3. The van der Waals surface area contributed by atoms with Crippen molar-refractivity contribution in [2.45, 2.75) is 44.7 Å². The molecule has 3 aromatic rings. The average Bonchev–Trinajstić information content (AvgIpc) is 3.48. The van der Waals surface area contributed by atoms with Gasteiger partial charge in [0.1, 0.15) is 0 Å². The highest BCUT2D eigenvalue weighted by Gasteiger charge is 2.22. The predicted molar refractivity (Wildman–Crippen MR) is 124 cm³/mol. The Morgan fingerprint density at radius 2 is 1.94 bits per heavy atom. The topological polar surface area (TPSA) is 74.5 Å². The van der Waals surface area contributed by atoms with Crippen LogP contribution in [-0.4, -0.2) is 57.3 Å². The van der Waals surface area contributed by atoms with Gasteiger partial charge in [0, 0.05) is 49.7 Å². The molecule has 1 saturated carbocycles. The van der Waals surface area contributed by atoms with Crippen LogP contribution in [0.1, 0.15) is 42.3 Å². The average molecular weight is 440 g/mol. The molecule has 5 rings (SSSR count). The van der Waals surface area contributed by atoms with Gasteiger partial charge in [-0.05, 0) is 31.0 Å². The third-order valence-corrected chi connectivity index (χ3v) is 7.60. The minimum absolute atomic E-state index is 0.0712. The SMILES string of the molecule is O=c1c2ccc(N3CCN(Cc4csc(C5CCCC5)n4)CC3)cc2ncn1CCO. The summed E-state index contributed by atoms with van der Waals surface area (Å²) < 4.78 is 1.46. The van der Waals surface area contributed by atoms with Gasteiger partial charge in [-0.2, -0.15) is 0 Å². The number of nitrogens with zero attached hydrogens (tertiary/aromatic N) is 5. The number of aromatic nitrogens is 3. The van der Waals surface area contributed by atoms with E-state index in [1.54, 1.807) is 0 Å². The number of rotatable bonds is 6. The summed E-state index contributed by atoms with van der Waals surface area (Å²) in [5.41, 5.74) is 2.93. The summed E-state index contributed by atoms with van der Waals surface area (Å²) in [6.07, 6.45) is 6.84. The maximum Gasteiger partial charge on any atom is 0.261 e. The number of benzene rings is 1. The van der Waals surface area contributed by atoms with E-state index in [1.807, 2.05) is 29.5 Å². The fraction of sp³-hybridized carbons (Fsp3) is 0.522. The van der Waals surface area contributed by atoms with E-state index in [0.717, 1.165) is 38.4 Å². The van der Waals surface area contributed by atoms with Crippen molar-refractivity contribution in [2.24, 2.45) is 0 Å². The third-order valence-electron chi connectivity index (χ3n) is 6.55. The highest BCUT2D eigenvalue weighted by Crippen LogP contribution is 2.35. The zero-order valence-corrected chi connectivity index (χ0v) is 18.6. The molecule has 8 heteroatoms. The zero-order chi connectivity index (χ0) is 21.2. The van der Waals surface area contributed by atoms with Crippen LogP contribution in [-0.2, 0) is 13.1 Å². The lowest BCUT2D eigenvalue weighted by Gasteiger charge is -2.35. The quantitative estimate of drug-likeness (QED) is 0.637. The van der Waals surface area contributed by atoms with Crippen molar-refractivity contribution < 1.29 is 5.11 Å². The molecule has 2 aliphatic rings. The molecule has 0 amide bonds. The number of piperazine rings is 1. The molecule has 1 aliphatic heterocycles. The molecule has 7 nitrogen and oxygen atoms in total. The van der Waals surface area contributed by atoms with E-state index in [0.29, 0.717) is 16.8 Å². The molecule has 1 saturated heterocycles. The Hall–Kier alpha value is -2.29. The number of fused-ring (bicyclic) bond motifs is 1. The molecule has 0 bridgehead atoms. The second kappa shape index (κ2) is 9.06. The molecule has 0 unspecified atom stereocenters. The number of anilines is 1. The summed E-state index contributed by atoms with van der Waals surface area (Å²) in [6, 6.07) is 5.88. The molecule has 2 aromatic heterocycles. The summed E-state index contributed by atoms with van der Waals surface area (Å²) in [5, 5.41) is 13.3. The van der Waals surface area contributed by atoms with E-state index in [-0.39, 0.29) is 18.7 Å². The van der Waals surface area contributed by atoms with E-state index in [2.05, 4.69) is 20.2 Å². The van der Waals surface area contributed by atoms with E-state index in [9.17, 15) is 4.79 Å². The first-order valence-electron chi connectivity index (χ1n) is 11.2. The summed E-state index contributed by atoms with van der Waals surface area (Å²) in [5.74, 6) is 0.699. The Balaban J connectivity index is 1.21. The highest BCUT2D eigenvalue weighted by molar-refractivity contribution is 7.09. The van der Waals surface area contributed by atoms with Gasteiger partial charge in [0.05, 0.1) is 41.1 Å². The van der Waals surface area contributed by atoms with Gasteiger partial charge in [-0.3, -0.25) is 14.3 Å². The third kappa shape index (κ3) is 4.37. The van der Waals surface area contributed by atoms with Crippen LogP contribution in [0.25, 0.3) is 10.9 Å². The lowest BCUT2D eigenvalue weighted by Crippen LogP contribution is -2.46. The van der Waals surface area contributed by atoms with Crippen LogP contribution in [0.4, 0.5) is 5.69 Å². The fourth-order valence-electron chi connectivity index (χ4n) is 4.76. The number of aliphatic hydroxyl groups excluding tert-OH is 1. The van der Waals surface area contributed by atoms with Gasteiger partial charge in [-0.15, -0.1) is 11.3 Å². The van der Waals surface area contributed by atoms with Crippen LogP contribution < -0.4 is 10.5 Å². The molecule has 1 aliphatic carbocycles. The van der Waals surface area contributed by atoms with Crippen LogP contribution in [0.15, 0.2) is 34.7 Å². The minimum Gasteiger partial charge on any atom is -0.395 e. The first-order chi connectivity index (χ1) is 15.2. The Bertz CT molecular complexity index is 1100. The van der Waals surface area contributed by atoms with Gasteiger partial charge in [-0.25, -0.2) is 9.97 Å². The van der Waals surface area contributed by atoms with E-state index < -0.39 is 0 Å². The predicted octanol–water partition coefficient (Wildman–Crippen LogP) is 2.83. The molecule has 3 heterocycles. The Morgan fingerprint density at radius 1 is 1.13 bits per heavy atom. The lowest BCUT2D eigenvalue weighted by atomic mass is 10.1. The largest absolute Gasteiger partial charge is 0.395 e. The number of hydrogen-bond acceptors (Lipinski definition) is 7. The van der Waals surface area contributed by atoms with Crippen LogP contribution in [0, 0.1) is 0 Å². The van der Waals surface area contributed by atoms with Crippen LogP contribution >= 0.6 is 11.3 Å². The molecule has 1 aromatic carbocycles. The summed E-state index contributed by atoms with van der Waals surface area (Å²) in [6.45, 7) is 5.03. The van der Waals surface area contributed by atoms with Crippen LogP contribution in [0.3, 0.4) is 0 Å². The van der Waals surface area contributed by atoms with Gasteiger partial charge in [0.15, 0.2) is 0 Å². The van der Waals surface area contributed by atoms with Crippen molar-refractivity contribution in [1.82, 2.24) is 19.4 Å². The second-order valence-corrected chi connectivity index (χ2v) is 9.48. The molecule has 0 spiro atoms. The van der Waals surface area contributed by atoms with Crippen molar-refractivity contribution >= 4 is 27.9 Å². The monoisotopic (exact) mass is 439 g/mol. The van der Waals surface area contributed by atoms with Crippen molar-refractivity contribution in [3.63, 3.8) is 0 Å². The molecule has 2 fully saturated rings. The van der Waals surface area contributed by atoms with Gasteiger partial charge < -0.3 is 10.0 Å². The Kier molecular flexibility index (Phi) is 6.02. The highest BCUT2D eigenvalue weighted by atomic mass is 32.1. The molecule has 0 radical (unpaired) electrons. The van der Waals surface area contributed by atoms with E-state index >= 15 is 0 Å².